The molecule has 0 spiro atoms. The standard InChI is InChI=1S/C7H8O.2ClH.Ti/c1-6-2-4-7(8)5-3-6;;;/h2-5,8H,1H3;2*1H;/q;;;+1/p-1. The van der Waals surface area contributed by atoms with Crippen LogP contribution in [-0.4, -0.2) is 0 Å². The summed E-state index contributed by atoms with van der Waals surface area (Å²) >= 11 is 1.67. The van der Waals surface area contributed by atoms with Crippen LogP contribution in [0.15, 0.2) is 24.3 Å². The first-order valence-corrected chi connectivity index (χ1v) is 3.37. The third-order valence-electron chi connectivity index (χ3n) is 1.14. The maximum atomic E-state index is 4.97. The number of halogens is 2. The van der Waals surface area contributed by atoms with Crippen molar-refractivity contribution in [2.75, 3.05) is 0 Å². The third-order valence-corrected chi connectivity index (χ3v) is 1.51. The largest absolute Gasteiger partial charge is 0.147 e. The summed E-state index contributed by atoms with van der Waals surface area (Å²) in [6.45, 7) is 2.06. The van der Waals surface area contributed by atoms with Crippen molar-refractivity contribution in [3.63, 3.8) is 0 Å². The number of hydrogen-bond donors (Lipinski definition) is 0. The first kappa shape index (κ1) is 13.9. The van der Waals surface area contributed by atoms with Gasteiger partial charge < -0.3 is 0 Å². The summed E-state index contributed by atoms with van der Waals surface area (Å²) in [7, 11) is 0. The first-order chi connectivity index (χ1) is 4.33. The minimum atomic E-state index is 0. The van der Waals surface area contributed by atoms with E-state index in [0.29, 0.717) is 0 Å². The molecule has 0 heterocycles. The summed E-state index contributed by atoms with van der Waals surface area (Å²) < 4.78 is 4.97. The van der Waals surface area contributed by atoms with E-state index in [2.05, 4.69) is 6.92 Å². The van der Waals surface area contributed by atoms with Gasteiger partial charge >= 0.3 is 66.6 Å². The van der Waals surface area contributed by atoms with Gasteiger partial charge in [0.2, 0.25) is 0 Å². The molecule has 1 aromatic rings. The molecule has 4 heteroatoms. The molecule has 0 aliphatic carbocycles. The molecule has 0 radical (unpaired) electrons. The zero-order valence-corrected chi connectivity index (χ0v) is 9.23. The summed E-state index contributed by atoms with van der Waals surface area (Å²) in [6.07, 6.45) is 0. The molecule has 0 atom stereocenters. The Morgan fingerprint density at radius 2 is 1.55 bits per heavy atom. The summed E-state index contributed by atoms with van der Waals surface area (Å²) in [5, 5.41) is 0. The molecule has 0 unspecified atom stereocenters. The number of hydrogen-bond acceptors (Lipinski definition) is 1. The average molecular weight is 228 g/mol. The molecule has 1 nitrogen and oxygen atoms in total. The van der Waals surface area contributed by atoms with E-state index in [9.17, 15) is 0 Å². The minimum Gasteiger partial charge on any atom is -0.147 e. The topological polar surface area (TPSA) is 9.23 Å². The van der Waals surface area contributed by atoms with Crippen molar-refractivity contribution in [2.45, 2.75) is 6.92 Å². The maximum absolute atomic E-state index is 4.97. The van der Waals surface area contributed by atoms with Crippen molar-refractivity contribution in [3.05, 3.63) is 29.8 Å². The van der Waals surface area contributed by atoms with Gasteiger partial charge in [-0.25, -0.2) is 0 Å². The number of rotatable bonds is 1. The van der Waals surface area contributed by atoms with Gasteiger partial charge in [-0.15, -0.1) is 24.8 Å². The van der Waals surface area contributed by atoms with Crippen molar-refractivity contribution in [1.29, 1.82) is 0 Å². The van der Waals surface area contributed by atoms with Crippen LogP contribution in [0.5, 0.6) is 5.75 Å². The molecule has 1 rings (SSSR count). The van der Waals surface area contributed by atoms with Gasteiger partial charge in [0.05, 0.1) is 0 Å². The van der Waals surface area contributed by atoms with E-state index in [1.54, 1.807) is 20.8 Å². The molecule has 0 amide bonds. The van der Waals surface area contributed by atoms with Crippen molar-refractivity contribution < 1.29 is 24.1 Å². The molecule has 0 aromatic heterocycles. The normalized spacial score (nSPS) is 7.27. The van der Waals surface area contributed by atoms with Gasteiger partial charge in [0.1, 0.15) is 0 Å². The Morgan fingerprint density at radius 1 is 1.09 bits per heavy atom. The van der Waals surface area contributed by atoms with Gasteiger partial charge in [-0.05, 0) is 0 Å². The predicted octanol–water partition coefficient (Wildman–Crippen LogP) is 2.68. The van der Waals surface area contributed by atoms with E-state index in [0.717, 1.165) is 5.75 Å². The molecule has 0 saturated heterocycles. The molecule has 1 aromatic carbocycles. The van der Waals surface area contributed by atoms with E-state index in [1.807, 2.05) is 24.3 Å². The van der Waals surface area contributed by atoms with Crippen LogP contribution in [-0.2, 0) is 20.8 Å². The van der Waals surface area contributed by atoms with Crippen molar-refractivity contribution >= 4 is 24.8 Å². The summed E-state index contributed by atoms with van der Waals surface area (Å²) in [5.41, 5.74) is 1.26. The Balaban J connectivity index is 0. The molecule has 0 N–H and O–H groups in total. The molecule has 61 valence electrons. The monoisotopic (exact) mass is 227 g/mol. The Morgan fingerprint density at radius 3 is 1.91 bits per heavy atom. The van der Waals surface area contributed by atoms with Crippen LogP contribution in [0.1, 0.15) is 5.56 Å². The molecule has 0 saturated carbocycles. The van der Waals surface area contributed by atoms with Crippen LogP contribution in [0.3, 0.4) is 0 Å². The van der Waals surface area contributed by atoms with Crippen LogP contribution >= 0.6 is 24.8 Å². The van der Waals surface area contributed by atoms with Gasteiger partial charge in [-0.3, -0.25) is 0 Å². The second-order valence-electron chi connectivity index (χ2n) is 1.92. The van der Waals surface area contributed by atoms with Crippen molar-refractivity contribution in [3.8, 4) is 5.75 Å². The van der Waals surface area contributed by atoms with Crippen LogP contribution in [0.25, 0.3) is 0 Å². The zero-order chi connectivity index (χ0) is 6.69. The van der Waals surface area contributed by atoms with Crippen LogP contribution < -0.4 is 3.32 Å². The Labute approximate surface area is 91.2 Å². The van der Waals surface area contributed by atoms with Crippen molar-refractivity contribution in [2.24, 2.45) is 0 Å². The van der Waals surface area contributed by atoms with Crippen LogP contribution in [0.4, 0.5) is 0 Å². The second kappa shape index (κ2) is 6.99. The summed E-state index contributed by atoms with van der Waals surface area (Å²) in [6, 6.07) is 7.96. The van der Waals surface area contributed by atoms with Crippen LogP contribution in [0, 0.1) is 6.92 Å². The fourth-order valence-corrected chi connectivity index (χ4v) is 0.819. The van der Waals surface area contributed by atoms with Gasteiger partial charge in [-0.1, -0.05) is 0 Å². The summed E-state index contributed by atoms with van der Waals surface area (Å²) in [4.78, 5) is 0. The second-order valence-corrected chi connectivity index (χ2v) is 2.23. The van der Waals surface area contributed by atoms with Gasteiger partial charge in [0, 0.05) is 0 Å². The maximum Gasteiger partial charge on any atom is -0.147 e. The Bertz CT molecular complexity index is 188. The van der Waals surface area contributed by atoms with E-state index in [4.69, 9.17) is 3.32 Å². The van der Waals surface area contributed by atoms with E-state index in [1.165, 1.54) is 5.56 Å². The Hall–Kier alpha value is 0.314. The fraction of sp³-hybridized carbons (Fsp3) is 0.143. The molecule has 0 aliphatic heterocycles. The average Bonchev–Trinajstić information content (AvgIpc) is 1.90. The number of benzene rings is 1. The van der Waals surface area contributed by atoms with Crippen LogP contribution in [0.2, 0.25) is 0 Å². The Kier molecular flexibility index (Phi) is 8.82. The molecular weight excluding hydrogens is 219 g/mol. The quantitative estimate of drug-likeness (QED) is 0.671. The number of aryl methyl sites for hydroxylation is 1. The van der Waals surface area contributed by atoms with E-state index >= 15 is 0 Å². The van der Waals surface area contributed by atoms with E-state index < -0.39 is 0 Å². The molecule has 11 heavy (non-hydrogen) atoms. The molecule has 0 bridgehead atoms. The first-order valence-electron chi connectivity index (χ1n) is 2.73. The smallest absolute Gasteiger partial charge is 0.147 e. The molecular formula is C7H9Cl2OTi. The molecule has 0 aliphatic rings. The molecule has 0 fully saturated rings. The third kappa shape index (κ3) is 4.70. The SMILES string of the molecule is Cc1ccc([O][Ti])cc1.Cl.Cl. The van der Waals surface area contributed by atoms with Gasteiger partial charge in [0.15, 0.2) is 0 Å². The van der Waals surface area contributed by atoms with Gasteiger partial charge in [0.25, 0.3) is 0 Å². The predicted molar refractivity (Wildman–Crippen MR) is 46.3 cm³/mol. The zero-order valence-electron chi connectivity index (χ0n) is 6.03. The fourth-order valence-electron chi connectivity index (χ4n) is 0.606. The minimum absolute atomic E-state index is 0. The van der Waals surface area contributed by atoms with E-state index in [-0.39, 0.29) is 24.8 Å². The van der Waals surface area contributed by atoms with Crippen molar-refractivity contribution in [1.82, 2.24) is 0 Å². The summed E-state index contributed by atoms with van der Waals surface area (Å²) in [5.74, 6) is 0.917. The van der Waals surface area contributed by atoms with Gasteiger partial charge in [-0.2, -0.15) is 0 Å².